The number of benzene rings is 2. The Kier molecular flexibility index (Phi) is 33.0. The molecule has 6 atom stereocenters. The quantitative estimate of drug-likeness (QED) is 0.0668. The van der Waals surface area contributed by atoms with E-state index >= 15 is 0 Å². The number of ether oxygens (including phenoxy) is 3. The maximum Gasteiger partial charge on any atom is 0.199 e. The van der Waals surface area contributed by atoms with Gasteiger partial charge in [0.15, 0.2) is 17.3 Å². The van der Waals surface area contributed by atoms with Crippen LogP contribution >= 0.6 is 163 Å². The summed E-state index contributed by atoms with van der Waals surface area (Å²) < 4.78 is 21.3. The van der Waals surface area contributed by atoms with Crippen molar-refractivity contribution >= 4 is 230 Å². The number of aromatic amines is 2. The van der Waals surface area contributed by atoms with Gasteiger partial charge in [-0.2, -0.15) is 107 Å². The van der Waals surface area contributed by atoms with Crippen LogP contribution < -0.4 is 48.3 Å². The summed E-state index contributed by atoms with van der Waals surface area (Å²) in [7, 11) is 0. The van der Waals surface area contributed by atoms with E-state index in [0.29, 0.717) is 53.4 Å². The third kappa shape index (κ3) is 19.2. The maximum atomic E-state index is 9.37. The summed E-state index contributed by atoms with van der Waals surface area (Å²) in [5.74, 6) is 4.36. The number of rotatable bonds is 10. The number of piperidine rings is 4. The van der Waals surface area contributed by atoms with E-state index in [1.165, 1.54) is 11.8 Å². The van der Waals surface area contributed by atoms with Crippen LogP contribution in [0, 0.1) is 53.8 Å². The molecule has 0 unspecified atom stereocenters. The standard InChI is InChI=1S/C23H25ClN6O.C21H24Cl2N6O.C20H24ClN7OS.C19H23ClN6S.6H2S/c1-14-20(17-5-3-4-16(12-25)19(17)24)30-18(6-9-27-30)22(28-14)29-10-7-23(8-11-29)13-31-15(2)21(23)26;1-12-17(14-4-3-5-15(22)16(14)23)29-19(25-11-26-29)20(27-12)28-8-6-21(7-9-28)10-30-13(2)18(21)24;1-11-17(22)20(10-29-11)3-6-28(7-4-20)19-12-8-26-27-16(12)14(9-25-19)30-13-2-5-24-18(23)15(13)21;1-11-16(27-13-4-7-22-17(21)14(13)20)15-12(10-23-25-15)18(24-11)26-8-5-19(2,3)6-9-26;;;;;;/h3-6,9,15,21H,7-8,10-11,13,26H2,1-2H3;3-5,11,13,18H,6-10,24H2,1-2H3;2,5,8-9,11,17H,3-4,6-7,10,22H2,1H3,(H2,23,24)(H,26,27);4,7,10H,5-6,8-9H2,1-3H3,(H2,21,22)(H,23,25);6*1H2/t15-,21+;13-,18+;11-,17+;;;;;;;/m000......./s1. The third-order valence-corrected chi connectivity index (χ3v) is 29.9. The van der Waals surface area contributed by atoms with Gasteiger partial charge in [0, 0.05) is 126 Å². The lowest BCUT2D eigenvalue weighted by Gasteiger charge is -2.41. The molecule has 0 aliphatic carbocycles. The Morgan fingerprint density at radius 1 is 0.476 bits per heavy atom. The van der Waals surface area contributed by atoms with Gasteiger partial charge in [-0.25, -0.2) is 43.9 Å². The van der Waals surface area contributed by atoms with Crippen molar-refractivity contribution in [3.8, 4) is 28.6 Å². The normalized spacial score (nSPS) is 20.8. The Labute approximate surface area is 796 Å². The van der Waals surface area contributed by atoms with Gasteiger partial charge < -0.3 is 62.5 Å². The molecule has 0 saturated carbocycles. The van der Waals surface area contributed by atoms with E-state index in [9.17, 15) is 5.26 Å². The highest BCUT2D eigenvalue weighted by Crippen LogP contribution is 2.49. The molecule has 10 aromatic heterocycles. The summed E-state index contributed by atoms with van der Waals surface area (Å²) in [5.41, 5.74) is 41.4. The Hall–Kier alpha value is -6.55. The van der Waals surface area contributed by atoms with Crippen molar-refractivity contribution in [2.45, 2.75) is 163 Å². The minimum atomic E-state index is 0. The smallest absolute Gasteiger partial charge is 0.199 e. The second-order valence-corrected chi connectivity index (χ2v) is 37.0. The van der Waals surface area contributed by atoms with Crippen LogP contribution in [0.4, 0.5) is 34.9 Å². The summed E-state index contributed by atoms with van der Waals surface area (Å²) in [6.07, 6.45) is 20.8. The van der Waals surface area contributed by atoms with Crippen molar-refractivity contribution in [3.63, 3.8) is 0 Å². The van der Waals surface area contributed by atoms with Crippen molar-refractivity contribution in [1.29, 1.82) is 5.26 Å². The van der Waals surface area contributed by atoms with E-state index in [1.54, 1.807) is 48.8 Å². The predicted molar refractivity (Wildman–Crippen MR) is 531 cm³/mol. The topological polar surface area (TPSA) is 377 Å². The fraction of sp³-hybridized carbons (Fsp3) is 0.446. The second kappa shape index (κ2) is 41.0. The molecule has 7 saturated heterocycles. The molecule has 3 spiro atoms. The van der Waals surface area contributed by atoms with Crippen LogP contribution in [0.5, 0.6) is 0 Å². The molecule has 0 radical (unpaired) electrons. The zero-order valence-corrected chi connectivity index (χ0v) is 81.4. The average molecular weight is 1940 g/mol. The summed E-state index contributed by atoms with van der Waals surface area (Å²) in [6.45, 7) is 26.3. The van der Waals surface area contributed by atoms with E-state index in [0.717, 1.165) is 233 Å². The molecular weight excluding hydrogens is 1830 g/mol. The molecule has 2 aromatic carbocycles. The van der Waals surface area contributed by atoms with Crippen LogP contribution in [0.15, 0.2) is 118 Å². The number of H-pyrrole nitrogens is 2. The van der Waals surface area contributed by atoms with Crippen molar-refractivity contribution in [2.24, 2.45) is 38.9 Å². The van der Waals surface area contributed by atoms with Gasteiger partial charge in [-0.1, -0.05) is 120 Å². The highest BCUT2D eigenvalue weighted by Gasteiger charge is 2.51. The fourth-order valence-electron chi connectivity index (χ4n) is 17.8. The zero-order chi connectivity index (χ0) is 82.9. The first-order valence-corrected chi connectivity index (χ1v) is 43.3. The number of nitrogens with two attached hydrogens (primary N) is 5. The summed E-state index contributed by atoms with van der Waals surface area (Å²) in [5, 5.41) is 37.6. The molecule has 7 fully saturated rings. The first-order valence-electron chi connectivity index (χ1n) is 39.8. The maximum absolute atomic E-state index is 9.37. The van der Waals surface area contributed by atoms with Gasteiger partial charge in [0.05, 0.1) is 147 Å². The van der Waals surface area contributed by atoms with Crippen LogP contribution in [-0.4, -0.2) is 183 Å². The SMILES string of the molecule is C[C@@H]1OCC2(CCN(c3ncc(Sc4ccnc(N)c4Cl)c4[nH]ncc34)CC2)[C@@H]1N.Cc1nc(N2CCC(C)(C)CC2)c2cn[nH]c2c1Sc1ccnc(N)c1Cl.Cc1nc(N2CCC3(CC2)CO[C@@H](C)[C@H]3N)c2ccnn2c1-c1cccc(C#N)c1Cl.Cc1nc(N2CCC3(CC2)CO[C@@H](C)[C@H]3N)c2ncnn2c1-c1cccc(Cl)c1Cl.S.S.S.S.S.S. The molecule has 12 N–H and O–H groups in total. The van der Waals surface area contributed by atoms with E-state index in [2.05, 4.69) is 106 Å². The summed E-state index contributed by atoms with van der Waals surface area (Å²) in [4.78, 5) is 45.2. The van der Waals surface area contributed by atoms with Crippen molar-refractivity contribution < 1.29 is 14.2 Å². The number of pyridine rings is 4. The van der Waals surface area contributed by atoms with E-state index in [4.69, 9.17) is 121 Å². The Balaban J connectivity index is 0.000000170. The van der Waals surface area contributed by atoms with Crippen LogP contribution in [0.2, 0.25) is 25.1 Å². The second-order valence-electron chi connectivity index (χ2n) is 32.9. The van der Waals surface area contributed by atoms with Crippen LogP contribution in [0.25, 0.3) is 55.5 Å². The van der Waals surface area contributed by atoms with Gasteiger partial charge in [-0.15, -0.1) is 0 Å². The molecule has 124 heavy (non-hydrogen) atoms. The number of hydrogen-bond acceptors (Lipinski definition) is 26. The van der Waals surface area contributed by atoms with Crippen molar-refractivity contribution in [1.82, 2.24) is 74.5 Å². The van der Waals surface area contributed by atoms with Gasteiger partial charge in [0.1, 0.15) is 41.2 Å². The lowest BCUT2D eigenvalue weighted by atomic mass is 9.73. The largest absolute Gasteiger partial charge is 0.382 e. The number of nitrogens with one attached hydrogen (secondary N) is 2. The van der Waals surface area contributed by atoms with E-state index in [1.807, 2.05) is 90.9 Å². The highest BCUT2D eigenvalue weighted by atomic mass is 35.5. The van der Waals surface area contributed by atoms with Crippen molar-refractivity contribution in [2.75, 3.05) is 103 Å². The minimum absolute atomic E-state index is 0. The number of nitrogens with zero attached hydrogens (tertiary/aromatic N) is 18. The van der Waals surface area contributed by atoms with Gasteiger partial charge in [-0.05, 0) is 129 Å². The van der Waals surface area contributed by atoms with Crippen LogP contribution in [0.3, 0.4) is 0 Å². The summed E-state index contributed by atoms with van der Waals surface area (Å²) in [6, 6.07) is 19.1. The Morgan fingerprint density at radius 3 is 1.45 bits per heavy atom. The Morgan fingerprint density at radius 2 is 0.927 bits per heavy atom. The van der Waals surface area contributed by atoms with Gasteiger partial charge >= 0.3 is 0 Å². The van der Waals surface area contributed by atoms with Gasteiger partial charge in [-0.3, -0.25) is 10.2 Å². The number of nitriles is 1. The molecule has 17 heterocycles. The lowest BCUT2D eigenvalue weighted by Crippen LogP contribution is -2.50. The molecular formula is C83H108Cl5N25O3S8. The number of halogens is 5. The van der Waals surface area contributed by atoms with Crippen molar-refractivity contribution in [3.05, 3.63) is 146 Å². The minimum Gasteiger partial charge on any atom is -0.382 e. The molecule has 0 amide bonds. The van der Waals surface area contributed by atoms with Crippen LogP contribution in [0.1, 0.15) is 109 Å². The monoisotopic (exact) mass is 1930 g/mol. The molecule has 7 aliphatic heterocycles. The number of aryl methyl sites for hydroxylation is 3. The molecule has 41 heteroatoms. The summed E-state index contributed by atoms with van der Waals surface area (Å²) >= 11 is 35.0. The predicted octanol–water partition coefficient (Wildman–Crippen LogP) is 15.7. The molecule has 7 aliphatic rings. The van der Waals surface area contributed by atoms with E-state index in [-0.39, 0.29) is 134 Å². The van der Waals surface area contributed by atoms with E-state index < -0.39 is 0 Å². The van der Waals surface area contributed by atoms with Gasteiger partial charge in [0.25, 0.3) is 0 Å². The lowest BCUT2D eigenvalue weighted by molar-refractivity contribution is 0.0973. The first-order chi connectivity index (χ1) is 56.7. The Bertz CT molecular complexity index is 5790. The number of nitrogen functional groups attached to an aromatic ring is 2. The zero-order valence-electron chi connectivity index (χ0n) is 70.0. The number of aromatic nitrogens is 15. The molecule has 0 bridgehead atoms. The fourth-order valence-corrected chi connectivity index (χ4v) is 20.8. The molecule has 28 nitrogen and oxygen atoms in total. The number of anilines is 6. The number of fused-ring (bicyclic) bond motifs is 4. The molecule has 666 valence electrons. The first kappa shape index (κ1) is 99.6. The van der Waals surface area contributed by atoms with Gasteiger partial charge in [0.2, 0.25) is 0 Å². The van der Waals surface area contributed by atoms with Crippen LogP contribution in [-0.2, 0) is 14.2 Å². The third-order valence-electron chi connectivity index (χ3n) is 25.3. The number of hydrogen-bond donors (Lipinski definition) is 7. The molecule has 19 rings (SSSR count). The highest BCUT2D eigenvalue weighted by molar-refractivity contribution is 8.00. The molecule has 12 aromatic rings. The average Bonchev–Trinajstić information content (AvgIpc) is 1.50.